The van der Waals surface area contributed by atoms with Gasteiger partial charge in [-0.15, -0.1) is 0 Å². The summed E-state index contributed by atoms with van der Waals surface area (Å²) in [5.74, 6) is -0.766. The zero-order valence-corrected chi connectivity index (χ0v) is 28.1. The van der Waals surface area contributed by atoms with E-state index >= 15 is 0 Å². The van der Waals surface area contributed by atoms with Crippen LogP contribution in [0.25, 0.3) is 0 Å². The van der Waals surface area contributed by atoms with Gasteiger partial charge in [-0.25, -0.2) is 4.79 Å². The molecular weight excluding hydrogens is 584 g/mol. The van der Waals surface area contributed by atoms with E-state index in [9.17, 15) is 19.8 Å². The molecule has 3 aliphatic rings. The molecule has 1 aromatic rings. The predicted molar refractivity (Wildman–Crippen MR) is 177 cm³/mol. The van der Waals surface area contributed by atoms with Crippen LogP contribution in [0.3, 0.4) is 0 Å². The Bertz CT molecular complexity index is 1200. The number of carbonyl (C=O) groups is 2. The molecule has 0 spiro atoms. The third-order valence-corrected chi connectivity index (χ3v) is 9.73. The van der Waals surface area contributed by atoms with Crippen LogP contribution >= 0.6 is 0 Å². The molecule has 0 bridgehead atoms. The number of hydrogen-bond donors (Lipinski definition) is 2. The molecule has 2 aliphatic heterocycles. The lowest BCUT2D eigenvalue weighted by Crippen LogP contribution is -2.53. The third kappa shape index (κ3) is 10.5. The third-order valence-electron chi connectivity index (χ3n) is 9.73. The van der Waals surface area contributed by atoms with Crippen LogP contribution in [0.4, 0.5) is 4.79 Å². The van der Waals surface area contributed by atoms with Crippen LogP contribution in [-0.2, 0) is 14.3 Å². The van der Waals surface area contributed by atoms with Crippen LogP contribution in [0.1, 0.15) is 97.1 Å². The van der Waals surface area contributed by atoms with Gasteiger partial charge in [-0.05, 0) is 63.3 Å². The average Bonchev–Trinajstić information content (AvgIpc) is 3.34. The van der Waals surface area contributed by atoms with Gasteiger partial charge in [-0.2, -0.15) is 10.2 Å². The summed E-state index contributed by atoms with van der Waals surface area (Å²) in [6, 6.07) is 4.36. The molecule has 0 aromatic carbocycles. The highest BCUT2D eigenvalue weighted by atomic mass is 16.6. The molecule has 10 nitrogen and oxygen atoms in total. The molecule has 46 heavy (non-hydrogen) atoms. The van der Waals surface area contributed by atoms with Crippen molar-refractivity contribution in [3.8, 4) is 0 Å². The number of esters is 1. The highest BCUT2D eigenvalue weighted by molar-refractivity contribution is 5.70. The number of aliphatic hydroxyl groups is 2. The molecule has 4 rings (SSSR count). The Morgan fingerprint density at radius 2 is 1.85 bits per heavy atom. The lowest BCUT2D eigenvalue weighted by Gasteiger charge is -2.40. The number of aromatic nitrogens is 2. The summed E-state index contributed by atoms with van der Waals surface area (Å²) in [6.07, 6.45) is 15.7. The minimum absolute atomic E-state index is 0.0431. The highest BCUT2D eigenvalue weighted by Gasteiger charge is 2.37. The number of hydrogen-bond acceptors (Lipinski definition) is 9. The van der Waals surface area contributed by atoms with Crippen LogP contribution in [0.5, 0.6) is 0 Å². The van der Waals surface area contributed by atoms with E-state index in [-0.39, 0.29) is 31.1 Å². The molecule has 2 fully saturated rings. The summed E-state index contributed by atoms with van der Waals surface area (Å²) in [5.41, 5.74) is 0.214. The SMILES string of the molecule is C/C(=C\C=C\C(C)c1cccnn1)[C@H]1OC(=O)C[C@@H](O)CC[C@](C)(O)[C@@H](OC(=O)N2CCN(C3CCCCCC3)CC2)/C=C\[C@@H]1C. The molecule has 10 heteroatoms. The number of ether oxygens (including phenoxy) is 2. The van der Waals surface area contributed by atoms with Gasteiger partial charge in [0.05, 0.1) is 18.2 Å². The number of nitrogens with zero attached hydrogens (tertiary/aromatic N) is 4. The number of cyclic esters (lactones) is 1. The van der Waals surface area contributed by atoms with Crippen molar-refractivity contribution >= 4 is 12.1 Å². The van der Waals surface area contributed by atoms with E-state index in [1.807, 2.05) is 57.2 Å². The first-order valence-corrected chi connectivity index (χ1v) is 17.1. The maximum atomic E-state index is 13.4. The van der Waals surface area contributed by atoms with Gasteiger partial charge in [0.25, 0.3) is 0 Å². The van der Waals surface area contributed by atoms with Gasteiger partial charge < -0.3 is 24.6 Å². The number of piperazine rings is 1. The lowest BCUT2D eigenvalue weighted by atomic mass is 9.88. The molecule has 1 saturated carbocycles. The quantitative estimate of drug-likeness (QED) is 0.184. The van der Waals surface area contributed by atoms with E-state index < -0.39 is 36.0 Å². The second-order valence-corrected chi connectivity index (χ2v) is 13.6. The molecule has 1 amide bonds. The number of aliphatic hydroxyl groups excluding tert-OH is 1. The van der Waals surface area contributed by atoms with Crippen molar-refractivity contribution in [3.63, 3.8) is 0 Å². The summed E-state index contributed by atoms with van der Waals surface area (Å²) in [7, 11) is 0. The van der Waals surface area contributed by atoms with E-state index in [1.165, 1.54) is 38.5 Å². The first kappa shape index (κ1) is 35.8. The fourth-order valence-corrected chi connectivity index (χ4v) is 6.65. The number of amides is 1. The monoisotopic (exact) mass is 638 g/mol. The van der Waals surface area contributed by atoms with Crippen LogP contribution < -0.4 is 0 Å². The minimum Gasteiger partial charge on any atom is -0.457 e. The fraction of sp³-hybridized carbons (Fsp3) is 0.667. The molecule has 1 aliphatic carbocycles. The van der Waals surface area contributed by atoms with E-state index in [0.717, 1.165) is 24.4 Å². The molecule has 1 aromatic heterocycles. The van der Waals surface area contributed by atoms with E-state index in [4.69, 9.17) is 9.47 Å². The van der Waals surface area contributed by atoms with Crippen LogP contribution in [0, 0.1) is 5.92 Å². The molecule has 3 heterocycles. The molecule has 6 atom stereocenters. The molecule has 254 valence electrons. The molecular formula is C36H54N4O6. The van der Waals surface area contributed by atoms with Gasteiger partial charge in [0.1, 0.15) is 11.7 Å². The Labute approximate surface area is 274 Å². The Morgan fingerprint density at radius 3 is 2.52 bits per heavy atom. The van der Waals surface area contributed by atoms with Crippen LogP contribution in [0.2, 0.25) is 0 Å². The van der Waals surface area contributed by atoms with Gasteiger partial charge in [-0.1, -0.05) is 63.8 Å². The summed E-state index contributed by atoms with van der Waals surface area (Å²) in [5, 5.41) is 30.2. The second-order valence-electron chi connectivity index (χ2n) is 13.6. The van der Waals surface area contributed by atoms with E-state index in [0.29, 0.717) is 19.1 Å². The molecule has 1 unspecified atom stereocenters. The van der Waals surface area contributed by atoms with Crippen molar-refractivity contribution in [2.24, 2.45) is 5.92 Å². The normalized spacial score (nSPS) is 31.3. The lowest BCUT2D eigenvalue weighted by molar-refractivity contribution is -0.151. The Morgan fingerprint density at radius 1 is 1.13 bits per heavy atom. The maximum Gasteiger partial charge on any atom is 0.410 e. The number of carbonyl (C=O) groups excluding carboxylic acids is 2. The average molecular weight is 639 g/mol. The Hall–Kier alpha value is -3.08. The van der Waals surface area contributed by atoms with Crippen molar-refractivity contribution in [2.75, 3.05) is 26.2 Å². The van der Waals surface area contributed by atoms with Crippen molar-refractivity contribution < 1.29 is 29.3 Å². The van der Waals surface area contributed by atoms with Crippen molar-refractivity contribution in [3.05, 3.63) is 60.0 Å². The maximum absolute atomic E-state index is 13.4. The fourth-order valence-electron chi connectivity index (χ4n) is 6.65. The minimum atomic E-state index is -1.45. The van der Waals surface area contributed by atoms with E-state index in [2.05, 4.69) is 15.1 Å². The molecule has 2 N–H and O–H groups in total. The largest absolute Gasteiger partial charge is 0.457 e. The van der Waals surface area contributed by atoms with E-state index in [1.54, 1.807) is 24.1 Å². The Balaban J connectivity index is 1.45. The van der Waals surface area contributed by atoms with Crippen molar-refractivity contribution in [2.45, 2.75) is 121 Å². The molecule has 0 radical (unpaired) electrons. The van der Waals surface area contributed by atoms with Crippen LogP contribution in [0.15, 0.2) is 54.3 Å². The number of rotatable bonds is 6. The van der Waals surface area contributed by atoms with Gasteiger partial charge in [0, 0.05) is 50.3 Å². The second kappa shape index (κ2) is 17.2. The standard InChI is InChI=1S/C36H54N4O6/c1-26(31-15-10-20-37-38-31)11-9-12-27(2)34-28(3)16-17-32(36(4,44)19-18-30(41)25-33(42)46-34)45-35(43)40-23-21-39(22-24-40)29-13-7-5-6-8-14-29/h9-12,15-17,20,26,28-30,32,34,41,44H,5-8,13-14,18-19,21-25H2,1-4H3/b11-9+,17-16-,27-12+/t26?,28-,30-,32-,34+,36-/m0/s1. The smallest absolute Gasteiger partial charge is 0.410 e. The summed E-state index contributed by atoms with van der Waals surface area (Å²) < 4.78 is 11.9. The first-order valence-electron chi connectivity index (χ1n) is 17.1. The molecule has 1 saturated heterocycles. The zero-order valence-electron chi connectivity index (χ0n) is 28.1. The van der Waals surface area contributed by atoms with Gasteiger partial charge in [0.15, 0.2) is 6.10 Å². The van der Waals surface area contributed by atoms with Crippen molar-refractivity contribution in [1.82, 2.24) is 20.0 Å². The van der Waals surface area contributed by atoms with Crippen molar-refractivity contribution in [1.29, 1.82) is 0 Å². The predicted octanol–water partition coefficient (Wildman–Crippen LogP) is 5.33. The van der Waals surface area contributed by atoms with Gasteiger partial charge in [0.2, 0.25) is 0 Å². The van der Waals surface area contributed by atoms with Gasteiger partial charge >= 0.3 is 12.1 Å². The number of allylic oxidation sites excluding steroid dienone is 3. The Kier molecular flexibility index (Phi) is 13.4. The summed E-state index contributed by atoms with van der Waals surface area (Å²) in [6.45, 7) is 10.3. The summed E-state index contributed by atoms with van der Waals surface area (Å²) >= 11 is 0. The first-order chi connectivity index (χ1) is 22.0. The van der Waals surface area contributed by atoms with Gasteiger partial charge in [-0.3, -0.25) is 9.69 Å². The summed E-state index contributed by atoms with van der Waals surface area (Å²) in [4.78, 5) is 30.5. The highest BCUT2D eigenvalue weighted by Crippen LogP contribution is 2.28. The zero-order chi connectivity index (χ0) is 33.1. The van der Waals surface area contributed by atoms with Crippen LogP contribution in [-0.4, -0.2) is 98.4 Å². The topological polar surface area (TPSA) is 125 Å².